The molecule has 1 aromatic heterocycles. The zero-order valence-corrected chi connectivity index (χ0v) is 10.4. The number of unbranched alkanes of at least 4 members (excludes halogenated alkanes) is 1. The maximum absolute atomic E-state index is 12.9. The second-order valence-electron chi connectivity index (χ2n) is 4.22. The van der Waals surface area contributed by atoms with Gasteiger partial charge in [0.1, 0.15) is 18.5 Å². The van der Waals surface area contributed by atoms with Crippen LogP contribution in [0.5, 0.6) is 0 Å². The summed E-state index contributed by atoms with van der Waals surface area (Å²) in [5.74, 6) is -0.214. The summed E-state index contributed by atoms with van der Waals surface area (Å²) < 4.78 is 12.9. The van der Waals surface area contributed by atoms with Gasteiger partial charge in [-0.3, -0.25) is 0 Å². The van der Waals surface area contributed by atoms with Crippen molar-refractivity contribution in [1.29, 1.82) is 0 Å². The summed E-state index contributed by atoms with van der Waals surface area (Å²) in [5.41, 5.74) is 4.31. The topological polar surface area (TPSA) is 42.7 Å². The highest BCUT2D eigenvalue weighted by molar-refractivity contribution is 5.21. The Labute approximate surface area is 106 Å². The van der Waals surface area contributed by atoms with Crippen LogP contribution in [-0.2, 0) is 0 Å². The minimum atomic E-state index is -0.214. The second kappa shape index (κ2) is 6.14. The lowest BCUT2D eigenvalue weighted by molar-refractivity contribution is 0.557. The largest absolute Gasteiger partial charge is 0.301 e. The first kappa shape index (κ1) is 12.5. The Kier molecular flexibility index (Phi) is 4.28. The Morgan fingerprint density at radius 3 is 2.72 bits per heavy atom. The molecule has 0 amide bonds. The van der Waals surface area contributed by atoms with Gasteiger partial charge in [0.05, 0.1) is 6.04 Å². The van der Waals surface area contributed by atoms with Crippen molar-refractivity contribution >= 4 is 0 Å². The minimum absolute atomic E-state index is 0.118. The molecule has 0 aliphatic rings. The van der Waals surface area contributed by atoms with Crippen molar-refractivity contribution in [2.24, 2.45) is 0 Å². The molecule has 0 bridgehead atoms. The van der Waals surface area contributed by atoms with Crippen LogP contribution in [0.2, 0.25) is 0 Å². The fourth-order valence-electron chi connectivity index (χ4n) is 1.84. The Hall–Kier alpha value is -1.91. The van der Waals surface area contributed by atoms with Gasteiger partial charge in [0, 0.05) is 0 Å². The fourth-order valence-corrected chi connectivity index (χ4v) is 1.84. The van der Waals surface area contributed by atoms with E-state index in [0.717, 1.165) is 24.8 Å². The van der Waals surface area contributed by atoms with Crippen molar-refractivity contribution in [3.8, 4) is 0 Å². The number of rotatable bonds is 6. The predicted molar refractivity (Wildman–Crippen MR) is 68.0 cm³/mol. The van der Waals surface area contributed by atoms with Crippen molar-refractivity contribution in [2.75, 3.05) is 5.43 Å². The summed E-state index contributed by atoms with van der Waals surface area (Å²) in [5, 5.41) is 4.03. The van der Waals surface area contributed by atoms with E-state index < -0.39 is 0 Å². The molecule has 18 heavy (non-hydrogen) atoms. The molecule has 1 atom stereocenters. The van der Waals surface area contributed by atoms with E-state index in [2.05, 4.69) is 22.4 Å². The van der Waals surface area contributed by atoms with Crippen molar-refractivity contribution in [2.45, 2.75) is 32.2 Å². The molecule has 1 unspecified atom stereocenters. The molecule has 0 saturated heterocycles. The number of nitrogens with one attached hydrogen (secondary N) is 1. The summed E-state index contributed by atoms with van der Waals surface area (Å²) in [4.78, 5) is 5.48. The first-order valence-corrected chi connectivity index (χ1v) is 6.16. The van der Waals surface area contributed by atoms with Gasteiger partial charge in [-0.2, -0.15) is 4.79 Å². The van der Waals surface area contributed by atoms with Crippen LogP contribution in [0.15, 0.2) is 36.9 Å². The smallest absolute Gasteiger partial charge is 0.139 e. The van der Waals surface area contributed by atoms with Gasteiger partial charge in [0.15, 0.2) is 0 Å². The van der Waals surface area contributed by atoms with Gasteiger partial charge in [-0.05, 0) is 24.1 Å². The number of aromatic nitrogens is 3. The van der Waals surface area contributed by atoms with Crippen LogP contribution in [0.4, 0.5) is 4.39 Å². The number of nitrogens with zero attached hydrogens (tertiary/aromatic N) is 3. The molecule has 96 valence electrons. The first-order chi connectivity index (χ1) is 8.79. The molecule has 4 nitrogen and oxygen atoms in total. The van der Waals surface area contributed by atoms with Crippen LogP contribution < -0.4 is 5.43 Å². The Bertz CT molecular complexity index is 452. The Balaban J connectivity index is 2.11. The van der Waals surface area contributed by atoms with Crippen LogP contribution in [0, 0.1) is 5.82 Å². The summed E-state index contributed by atoms with van der Waals surface area (Å²) >= 11 is 0. The molecule has 2 aromatic rings. The third-order valence-corrected chi connectivity index (χ3v) is 2.83. The summed E-state index contributed by atoms with van der Waals surface area (Å²) in [7, 11) is 0. The molecule has 1 aromatic carbocycles. The average Bonchev–Trinajstić information content (AvgIpc) is 2.88. The van der Waals surface area contributed by atoms with Gasteiger partial charge in [0.25, 0.3) is 0 Å². The highest BCUT2D eigenvalue weighted by Gasteiger charge is 2.11. The van der Waals surface area contributed by atoms with Crippen LogP contribution in [0.25, 0.3) is 0 Å². The van der Waals surface area contributed by atoms with E-state index in [1.807, 2.05) is 0 Å². The third kappa shape index (κ3) is 3.29. The van der Waals surface area contributed by atoms with Crippen LogP contribution >= 0.6 is 0 Å². The molecular weight excluding hydrogens is 231 g/mol. The van der Waals surface area contributed by atoms with Crippen molar-refractivity contribution in [3.05, 3.63) is 48.3 Å². The molecule has 0 aliphatic carbocycles. The van der Waals surface area contributed by atoms with Gasteiger partial charge in [-0.15, -0.1) is 5.10 Å². The lowest BCUT2D eigenvalue weighted by Gasteiger charge is -2.19. The highest BCUT2D eigenvalue weighted by Crippen LogP contribution is 2.20. The first-order valence-electron chi connectivity index (χ1n) is 6.16. The second-order valence-corrected chi connectivity index (χ2v) is 4.22. The standard InChI is InChI=1S/C13H17FN4/c1-2-3-4-13(17-18-10-15-9-16-18)11-5-7-12(14)8-6-11/h5-10,13,17H,2-4H2,1H3. The molecule has 5 heteroatoms. The molecule has 0 saturated carbocycles. The molecule has 2 rings (SSSR count). The predicted octanol–water partition coefficient (Wildman–Crippen LogP) is 2.89. The number of hydrogen-bond acceptors (Lipinski definition) is 3. The molecular formula is C13H17FN4. The summed E-state index contributed by atoms with van der Waals surface area (Å²) in [6.45, 7) is 2.15. The van der Waals surface area contributed by atoms with Gasteiger partial charge >= 0.3 is 0 Å². The average molecular weight is 248 g/mol. The van der Waals surface area contributed by atoms with Crippen LogP contribution in [0.3, 0.4) is 0 Å². The minimum Gasteiger partial charge on any atom is -0.301 e. The van der Waals surface area contributed by atoms with E-state index in [-0.39, 0.29) is 11.9 Å². The maximum Gasteiger partial charge on any atom is 0.139 e. The van der Waals surface area contributed by atoms with E-state index >= 15 is 0 Å². The Morgan fingerprint density at radius 1 is 1.33 bits per heavy atom. The summed E-state index contributed by atoms with van der Waals surface area (Å²) in [6.07, 6.45) is 6.29. The molecule has 1 N–H and O–H groups in total. The van der Waals surface area contributed by atoms with E-state index in [4.69, 9.17) is 0 Å². The fraction of sp³-hybridized carbons (Fsp3) is 0.385. The summed E-state index contributed by atoms with van der Waals surface area (Å²) in [6, 6.07) is 6.69. The molecule has 0 spiro atoms. The number of benzene rings is 1. The van der Waals surface area contributed by atoms with Gasteiger partial charge in [-0.1, -0.05) is 31.9 Å². The molecule has 0 fully saturated rings. The van der Waals surface area contributed by atoms with Crippen LogP contribution in [-0.4, -0.2) is 14.9 Å². The van der Waals surface area contributed by atoms with Crippen LogP contribution in [0.1, 0.15) is 37.8 Å². The molecule has 1 heterocycles. The van der Waals surface area contributed by atoms with E-state index in [9.17, 15) is 4.39 Å². The van der Waals surface area contributed by atoms with Crippen molar-refractivity contribution in [3.63, 3.8) is 0 Å². The lowest BCUT2D eigenvalue weighted by Crippen LogP contribution is -2.21. The zero-order valence-electron chi connectivity index (χ0n) is 10.4. The van der Waals surface area contributed by atoms with Gasteiger partial charge in [-0.25, -0.2) is 9.37 Å². The van der Waals surface area contributed by atoms with E-state index in [0.29, 0.717) is 0 Å². The number of hydrogen-bond donors (Lipinski definition) is 1. The van der Waals surface area contributed by atoms with E-state index in [1.54, 1.807) is 23.3 Å². The van der Waals surface area contributed by atoms with Crippen molar-refractivity contribution < 1.29 is 4.39 Å². The maximum atomic E-state index is 12.9. The zero-order chi connectivity index (χ0) is 12.8. The Morgan fingerprint density at radius 2 is 2.11 bits per heavy atom. The third-order valence-electron chi connectivity index (χ3n) is 2.83. The normalized spacial score (nSPS) is 12.3. The quantitative estimate of drug-likeness (QED) is 0.854. The van der Waals surface area contributed by atoms with E-state index in [1.165, 1.54) is 18.5 Å². The van der Waals surface area contributed by atoms with Gasteiger partial charge < -0.3 is 5.43 Å². The SMILES string of the molecule is CCCCC(Nn1cncn1)c1ccc(F)cc1. The number of halogens is 1. The monoisotopic (exact) mass is 248 g/mol. The lowest BCUT2D eigenvalue weighted by atomic mass is 10.0. The molecule has 0 radical (unpaired) electrons. The molecule has 0 aliphatic heterocycles. The van der Waals surface area contributed by atoms with Crippen molar-refractivity contribution in [1.82, 2.24) is 14.9 Å². The van der Waals surface area contributed by atoms with Gasteiger partial charge in [0.2, 0.25) is 0 Å². The highest BCUT2D eigenvalue weighted by atomic mass is 19.1.